The van der Waals surface area contributed by atoms with Gasteiger partial charge in [0, 0.05) is 52.7 Å². The summed E-state index contributed by atoms with van der Waals surface area (Å²) in [6, 6.07) is 65.9. The highest BCUT2D eigenvalue weighted by atomic mass is 32.1. The van der Waals surface area contributed by atoms with E-state index in [1.807, 2.05) is 23.5 Å². The molecule has 0 bridgehead atoms. The molecule has 264 valence electrons. The Morgan fingerprint density at radius 2 is 0.982 bits per heavy atom. The number of hydrogen-bond donors (Lipinski definition) is 0. The van der Waals surface area contributed by atoms with Gasteiger partial charge in [-0.15, -0.1) is 11.3 Å². The molecule has 13 aromatic rings. The maximum absolute atomic E-state index is 5.53. The first-order chi connectivity index (χ1) is 28.3. The van der Waals surface area contributed by atoms with Crippen molar-refractivity contribution in [3.05, 3.63) is 182 Å². The Morgan fingerprint density at radius 1 is 0.368 bits per heavy atom. The van der Waals surface area contributed by atoms with Crippen LogP contribution in [0.1, 0.15) is 0 Å². The molecule has 0 atom stereocenters. The van der Waals surface area contributed by atoms with Gasteiger partial charge < -0.3 is 4.57 Å². The monoisotopic (exact) mass is 742 g/mol. The second-order valence-corrected chi connectivity index (χ2v) is 16.0. The summed E-state index contributed by atoms with van der Waals surface area (Å²) in [6.07, 6.45) is 0. The van der Waals surface area contributed by atoms with Crippen molar-refractivity contribution in [1.82, 2.24) is 19.1 Å². The van der Waals surface area contributed by atoms with Crippen molar-refractivity contribution in [1.29, 1.82) is 0 Å². The SMILES string of the molecule is c1ccc2c(-n3c4ccccc4c4c5ccccc5ccc43)c3c4ccccc4n(-c4nc5ccccc5nc4-c4ccc5sc6ccccc6c5c4)c3cc2c1. The number of benzene rings is 9. The van der Waals surface area contributed by atoms with Gasteiger partial charge in [0.05, 0.1) is 38.8 Å². The van der Waals surface area contributed by atoms with E-state index in [1.54, 1.807) is 0 Å². The quantitative estimate of drug-likeness (QED) is 0.181. The maximum atomic E-state index is 5.53. The molecule has 0 amide bonds. The third-order valence-electron chi connectivity index (χ3n) is 11.9. The summed E-state index contributed by atoms with van der Waals surface area (Å²) in [4.78, 5) is 11.0. The molecule has 0 radical (unpaired) electrons. The smallest absolute Gasteiger partial charge is 0.165 e. The maximum Gasteiger partial charge on any atom is 0.165 e. The van der Waals surface area contributed by atoms with E-state index in [0.717, 1.165) is 44.5 Å². The van der Waals surface area contributed by atoms with Crippen LogP contribution in [0.5, 0.6) is 0 Å². The van der Waals surface area contributed by atoms with Crippen molar-refractivity contribution in [3.63, 3.8) is 0 Å². The lowest BCUT2D eigenvalue weighted by atomic mass is 10.0. The van der Waals surface area contributed by atoms with Crippen LogP contribution in [0.2, 0.25) is 0 Å². The van der Waals surface area contributed by atoms with Crippen molar-refractivity contribution >= 4 is 108 Å². The van der Waals surface area contributed by atoms with Crippen LogP contribution in [0.15, 0.2) is 182 Å². The zero-order valence-corrected chi connectivity index (χ0v) is 31.3. The lowest BCUT2D eigenvalue weighted by molar-refractivity contribution is 1.08. The van der Waals surface area contributed by atoms with Gasteiger partial charge in [0.2, 0.25) is 0 Å². The van der Waals surface area contributed by atoms with Gasteiger partial charge in [0.15, 0.2) is 5.82 Å². The number of fused-ring (bicyclic) bond motifs is 13. The summed E-state index contributed by atoms with van der Waals surface area (Å²) in [5.74, 6) is 0.813. The second kappa shape index (κ2) is 11.6. The molecule has 0 unspecified atom stereocenters. The molecule has 57 heavy (non-hydrogen) atoms. The molecule has 4 nitrogen and oxygen atoms in total. The molecule has 0 fully saturated rings. The van der Waals surface area contributed by atoms with Crippen LogP contribution in [0.3, 0.4) is 0 Å². The Hall–Kier alpha value is -7.34. The van der Waals surface area contributed by atoms with Crippen molar-refractivity contribution in [2.75, 3.05) is 0 Å². The first kappa shape index (κ1) is 30.9. The van der Waals surface area contributed by atoms with E-state index in [2.05, 4.69) is 179 Å². The second-order valence-electron chi connectivity index (χ2n) is 14.9. The van der Waals surface area contributed by atoms with Gasteiger partial charge in [-0.2, -0.15) is 0 Å². The highest BCUT2D eigenvalue weighted by Gasteiger charge is 2.25. The van der Waals surface area contributed by atoms with Crippen LogP contribution in [-0.4, -0.2) is 19.1 Å². The van der Waals surface area contributed by atoms with Gasteiger partial charge in [-0.3, -0.25) is 4.57 Å². The molecule has 5 heteroatoms. The number of nitrogens with zero attached hydrogens (tertiary/aromatic N) is 4. The highest BCUT2D eigenvalue weighted by Crippen LogP contribution is 2.46. The fourth-order valence-electron chi connectivity index (χ4n) is 9.42. The van der Waals surface area contributed by atoms with E-state index in [4.69, 9.17) is 9.97 Å². The van der Waals surface area contributed by atoms with E-state index < -0.39 is 0 Å². The average molecular weight is 743 g/mol. The molecular formula is C52H30N4S. The molecule has 0 aliphatic rings. The Balaban J connectivity index is 1.20. The van der Waals surface area contributed by atoms with E-state index >= 15 is 0 Å². The zero-order valence-electron chi connectivity index (χ0n) is 30.5. The van der Waals surface area contributed by atoms with E-state index in [0.29, 0.717) is 0 Å². The minimum Gasteiger partial charge on any atom is -0.308 e. The van der Waals surface area contributed by atoms with Crippen LogP contribution in [-0.2, 0) is 0 Å². The lowest BCUT2D eigenvalue weighted by Crippen LogP contribution is -2.04. The average Bonchev–Trinajstić information content (AvgIpc) is 3.92. The molecule has 0 saturated heterocycles. The summed E-state index contributed by atoms with van der Waals surface area (Å²) in [6.45, 7) is 0. The third kappa shape index (κ3) is 4.32. The highest BCUT2D eigenvalue weighted by molar-refractivity contribution is 7.25. The summed E-state index contributed by atoms with van der Waals surface area (Å²) in [7, 11) is 0. The fraction of sp³-hybridized carbons (Fsp3) is 0. The molecule has 13 rings (SSSR count). The molecule has 4 aromatic heterocycles. The van der Waals surface area contributed by atoms with Gasteiger partial charge in [-0.05, 0) is 70.8 Å². The van der Waals surface area contributed by atoms with E-state index in [-0.39, 0.29) is 0 Å². The molecule has 0 spiro atoms. The molecule has 0 N–H and O–H groups in total. The predicted octanol–water partition coefficient (Wildman–Crippen LogP) is 14.2. The van der Waals surface area contributed by atoms with Crippen LogP contribution in [0.4, 0.5) is 0 Å². The Kier molecular flexibility index (Phi) is 6.29. The third-order valence-corrected chi connectivity index (χ3v) is 13.0. The zero-order chi connectivity index (χ0) is 37.2. The van der Waals surface area contributed by atoms with Crippen LogP contribution in [0, 0.1) is 0 Å². The topological polar surface area (TPSA) is 35.6 Å². The van der Waals surface area contributed by atoms with Gasteiger partial charge in [0.1, 0.15) is 5.69 Å². The van der Waals surface area contributed by atoms with Crippen molar-refractivity contribution < 1.29 is 0 Å². The number of rotatable bonds is 3. The largest absolute Gasteiger partial charge is 0.308 e. The van der Waals surface area contributed by atoms with Gasteiger partial charge >= 0.3 is 0 Å². The Morgan fingerprint density at radius 3 is 1.81 bits per heavy atom. The molecule has 4 heterocycles. The molecular weight excluding hydrogens is 713 g/mol. The molecule has 9 aromatic carbocycles. The number of hydrogen-bond acceptors (Lipinski definition) is 3. The minimum absolute atomic E-state index is 0.813. The Bertz CT molecular complexity index is 3830. The number of para-hydroxylation sites is 4. The van der Waals surface area contributed by atoms with Gasteiger partial charge in [-0.1, -0.05) is 127 Å². The first-order valence-electron chi connectivity index (χ1n) is 19.3. The first-order valence-corrected chi connectivity index (χ1v) is 20.2. The summed E-state index contributed by atoms with van der Waals surface area (Å²) < 4.78 is 7.44. The van der Waals surface area contributed by atoms with Gasteiger partial charge in [-0.25, -0.2) is 9.97 Å². The molecule has 0 aliphatic carbocycles. The van der Waals surface area contributed by atoms with E-state index in [1.165, 1.54) is 74.6 Å². The number of thiophene rings is 1. The predicted molar refractivity (Wildman–Crippen MR) is 242 cm³/mol. The minimum atomic E-state index is 0.813. The van der Waals surface area contributed by atoms with Crippen molar-refractivity contribution in [2.24, 2.45) is 0 Å². The summed E-state index contributed by atoms with van der Waals surface area (Å²) in [5, 5.41) is 12.2. The van der Waals surface area contributed by atoms with Crippen LogP contribution in [0.25, 0.3) is 119 Å². The molecule has 0 saturated carbocycles. The van der Waals surface area contributed by atoms with E-state index in [9.17, 15) is 0 Å². The van der Waals surface area contributed by atoms with Crippen LogP contribution >= 0.6 is 11.3 Å². The standard InChI is InChI=1S/C52H30N4S/c1-3-15-34-31(13-1)25-27-44-48(34)37-18-5-10-22-42(37)55(44)51-35-16-4-2-14-32(35)30-45-49(51)38-19-6-11-23-43(38)56(45)52-50(53-40-20-8-9-21-41(40)54-52)33-26-28-47-39(29-33)36-17-7-12-24-46(36)57-47/h1-30H. The number of aromatic nitrogens is 4. The molecule has 0 aliphatic heterocycles. The normalized spacial score (nSPS) is 12.2. The van der Waals surface area contributed by atoms with Crippen molar-refractivity contribution in [3.8, 4) is 22.8 Å². The summed E-state index contributed by atoms with van der Waals surface area (Å²) in [5.41, 5.74) is 9.34. The lowest BCUT2D eigenvalue weighted by Gasteiger charge is -2.16. The van der Waals surface area contributed by atoms with Gasteiger partial charge in [0.25, 0.3) is 0 Å². The Labute approximate surface area is 330 Å². The summed E-state index contributed by atoms with van der Waals surface area (Å²) >= 11 is 1.83. The van der Waals surface area contributed by atoms with Crippen molar-refractivity contribution in [2.45, 2.75) is 0 Å². The fourth-order valence-corrected chi connectivity index (χ4v) is 10.5. The van der Waals surface area contributed by atoms with Crippen LogP contribution < -0.4 is 0 Å².